The van der Waals surface area contributed by atoms with Crippen molar-refractivity contribution in [3.8, 4) is 34.3 Å². The molecular weight excluding hydrogens is 329 g/mol. The van der Waals surface area contributed by atoms with Gasteiger partial charge in [-0.3, -0.25) is 4.79 Å². The molecule has 6 nitrogen and oxygen atoms in total. The number of nitrogens with zero attached hydrogens (tertiary/aromatic N) is 1. The zero-order chi connectivity index (χ0) is 18.0. The summed E-state index contributed by atoms with van der Waals surface area (Å²) in [6.45, 7) is 0. The smallest absolute Gasteiger partial charge is 0.309 e. The standard InChI is InChI=1S/C18H14FNO5/c1-24-15-8-11(4-7-14(15)21)17-13(9-16(22)23)20-18(25-17)10-2-5-12(19)6-3-10/h2-8,21H,9H2,1H3,(H,22,23). The number of phenols is 1. The van der Waals surface area contributed by atoms with Crippen LogP contribution in [-0.4, -0.2) is 28.3 Å². The number of halogens is 1. The number of rotatable bonds is 5. The highest BCUT2D eigenvalue weighted by Crippen LogP contribution is 2.35. The van der Waals surface area contributed by atoms with E-state index in [1.54, 1.807) is 6.07 Å². The Bertz CT molecular complexity index is 918. The minimum Gasteiger partial charge on any atom is -0.504 e. The summed E-state index contributed by atoms with van der Waals surface area (Å²) in [5.41, 5.74) is 1.25. The number of phenolic OH excluding ortho intramolecular Hbond substituents is 1. The number of carbonyl (C=O) groups is 1. The molecule has 3 rings (SSSR count). The van der Waals surface area contributed by atoms with Gasteiger partial charge in [0.1, 0.15) is 5.82 Å². The van der Waals surface area contributed by atoms with Crippen LogP contribution in [0.3, 0.4) is 0 Å². The van der Waals surface area contributed by atoms with Crippen molar-refractivity contribution in [2.45, 2.75) is 6.42 Å². The quantitative estimate of drug-likeness (QED) is 0.737. The van der Waals surface area contributed by atoms with Gasteiger partial charge in [-0.2, -0.15) is 0 Å². The van der Waals surface area contributed by atoms with Crippen LogP contribution in [0.15, 0.2) is 46.9 Å². The molecule has 0 atom stereocenters. The second-order valence-corrected chi connectivity index (χ2v) is 5.26. The Morgan fingerprint density at radius 3 is 2.52 bits per heavy atom. The number of oxazole rings is 1. The molecule has 2 N–H and O–H groups in total. The SMILES string of the molecule is COc1cc(-c2oc(-c3ccc(F)cc3)nc2CC(=O)O)ccc1O. The molecule has 2 aromatic carbocycles. The van der Waals surface area contributed by atoms with Gasteiger partial charge in [0, 0.05) is 11.1 Å². The number of carboxylic acids is 1. The average Bonchev–Trinajstić information content (AvgIpc) is 2.99. The zero-order valence-corrected chi connectivity index (χ0v) is 13.2. The van der Waals surface area contributed by atoms with Gasteiger partial charge in [0.15, 0.2) is 17.3 Å². The second kappa shape index (κ2) is 6.64. The van der Waals surface area contributed by atoms with Gasteiger partial charge >= 0.3 is 5.97 Å². The molecule has 1 aromatic heterocycles. The summed E-state index contributed by atoms with van der Waals surface area (Å²) in [4.78, 5) is 15.4. The molecule has 25 heavy (non-hydrogen) atoms. The summed E-state index contributed by atoms with van der Waals surface area (Å²) < 4.78 is 23.9. The summed E-state index contributed by atoms with van der Waals surface area (Å²) in [6, 6.07) is 10.0. The highest BCUT2D eigenvalue weighted by Gasteiger charge is 2.20. The Morgan fingerprint density at radius 2 is 1.88 bits per heavy atom. The van der Waals surface area contributed by atoms with Crippen LogP contribution < -0.4 is 4.74 Å². The summed E-state index contributed by atoms with van der Waals surface area (Å²) in [5.74, 6) is -0.864. The van der Waals surface area contributed by atoms with Gasteiger partial charge in [-0.25, -0.2) is 9.37 Å². The Kier molecular flexibility index (Phi) is 4.38. The Balaban J connectivity index is 2.11. The first-order valence-corrected chi connectivity index (χ1v) is 7.32. The van der Waals surface area contributed by atoms with Crippen molar-refractivity contribution in [3.63, 3.8) is 0 Å². The topological polar surface area (TPSA) is 92.8 Å². The van der Waals surface area contributed by atoms with Crippen LogP contribution in [0.1, 0.15) is 5.69 Å². The van der Waals surface area contributed by atoms with Crippen LogP contribution in [0.2, 0.25) is 0 Å². The van der Waals surface area contributed by atoms with E-state index < -0.39 is 11.8 Å². The minimum absolute atomic E-state index is 0.0516. The van der Waals surface area contributed by atoms with E-state index in [9.17, 15) is 14.3 Å². The van der Waals surface area contributed by atoms with E-state index in [1.165, 1.54) is 43.5 Å². The summed E-state index contributed by atoms with van der Waals surface area (Å²) in [6.07, 6.45) is -0.344. The molecule has 0 unspecified atom stereocenters. The molecule has 128 valence electrons. The van der Waals surface area contributed by atoms with E-state index in [4.69, 9.17) is 14.3 Å². The third-order valence-corrected chi connectivity index (χ3v) is 3.55. The lowest BCUT2D eigenvalue weighted by Crippen LogP contribution is -2.01. The van der Waals surface area contributed by atoms with E-state index in [2.05, 4.69) is 4.98 Å². The van der Waals surface area contributed by atoms with Crippen LogP contribution in [0.4, 0.5) is 4.39 Å². The van der Waals surface area contributed by atoms with Crippen molar-refractivity contribution >= 4 is 5.97 Å². The number of aromatic hydroxyl groups is 1. The number of aromatic nitrogens is 1. The Hall–Kier alpha value is -3.35. The van der Waals surface area contributed by atoms with E-state index in [0.717, 1.165) is 0 Å². The van der Waals surface area contributed by atoms with Crippen LogP contribution >= 0.6 is 0 Å². The van der Waals surface area contributed by atoms with Crippen molar-refractivity contribution in [1.29, 1.82) is 0 Å². The molecule has 0 aliphatic heterocycles. The normalized spacial score (nSPS) is 10.6. The van der Waals surface area contributed by atoms with Crippen LogP contribution in [0.5, 0.6) is 11.5 Å². The Labute approximate surface area is 142 Å². The maximum Gasteiger partial charge on any atom is 0.309 e. The number of methoxy groups -OCH3 is 1. The lowest BCUT2D eigenvalue weighted by atomic mass is 10.1. The van der Waals surface area contributed by atoms with Gasteiger partial charge in [0.2, 0.25) is 5.89 Å². The first-order chi connectivity index (χ1) is 12.0. The van der Waals surface area contributed by atoms with Gasteiger partial charge in [-0.15, -0.1) is 0 Å². The molecule has 0 aliphatic carbocycles. The van der Waals surface area contributed by atoms with Crippen LogP contribution in [0.25, 0.3) is 22.8 Å². The molecule has 0 bridgehead atoms. The average molecular weight is 343 g/mol. The number of benzene rings is 2. The predicted molar refractivity (Wildman–Crippen MR) is 86.9 cm³/mol. The molecule has 7 heteroatoms. The van der Waals surface area contributed by atoms with Crippen molar-refractivity contribution in [2.24, 2.45) is 0 Å². The van der Waals surface area contributed by atoms with E-state index >= 15 is 0 Å². The summed E-state index contributed by atoms with van der Waals surface area (Å²) in [5, 5.41) is 18.8. The van der Waals surface area contributed by atoms with Gasteiger partial charge in [-0.05, 0) is 42.5 Å². The van der Waals surface area contributed by atoms with Crippen LogP contribution in [0, 0.1) is 5.82 Å². The van der Waals surface area contributed by atoms with Gasteiger partial charge in [0.05, 0.1) is 19.2 Å². The number of hydrogen-bond acceptors (Lipinski definition) is 5. The monoisotopic (exact) mass is 343 g/mol. The summed E-state index contributed by atoms with van der Waals surface area (Å²) in [7, 11) is 1.40. The molecule has 0 saturated heterocycles. The molecule has 0 fully saturated rings. The third-order valence-electron chi connectivity index (χ3n) is 3.55. The molecule has 1 heterocycles. The minimum atomic E-state index is -1.06. The second-order valence-electron chi connectivity index (χ2n) is 5.26. The molecule has 0 radical (unpaired) electrons. The molecule has 0 amide bonds. The first-order valence-electron chi connectivity index (χ1n) is 7.32. The van der Waals surface area contributed by atoms with Crippen molar-refractivity contribution in [3.05, 3.63) is 54.0 Å². The number of aliphatic carboxylic acids is 1. The zero-order valence-electron chi connectivity index (χ0n) is 13.2. The number of hydrogen-bond donors (Lipinski definition) is 2. The third kappa shape index (κ3) is 3.45. The fraction of sp³-hybridized carbons (Fsp3) is 0.111. The van der Waals surface area contributed by atoms with Gasteiger partial charge < -0.3 is 19.4 Å². The number of carboxylic acid groups (broad SMARTS) is 1. The van der Waals surface area contributed by atoms with E-state index in [0.29, 0.717) is 11.1 Å². The molecule has 0 aliphatic rings. The highest BCUT2D eigenvalue weighted by molar-refractivity contribution is 5.75. The maximum absolute atomic E-state index is 13.1. The lowest BCUT2D eigenvalue weighted by Gasteiger charge is -2.05. The van der Waals surface area contributed by atoms with E-state index in [1.807, 2.05) is 0 Å². The predicted octanol–water partition coefficient (Wildman–Crippen LogP) is 3.49. The fourth-order valence-corrected chi connectivity index (χ4v) is 2.38. The summed E-state index contributed by atoms with van der Waals surface area (Å²) >= 11 is 0. The molecular formula is C18H14FNO5. The van der Waals surface area contributed by atoms with Gasteiger partial charge in [-0.1, -0.05) is 0 Å². The largest absolute Gasteiger partial charge is 0.504 e. The fourth-order valence-electron chi connectivity index (χ4n) is 2.38. The van der Waals surface area contributed by atoms with Gasteiger partial charge in [0.25, 0.3) is 0 Å². The maximum atomic E-state index is 13.1. The van der Waals surface area contributed by atoms with Crippen molar-refractivity contribution in [2.75, 3.05) is 7.11 Å². The molecule has 0 saturated carbocycles. The van der Waals surface area contributed by atoms with Crippen LogP contribution in [-0.2, 0) is 11.2 Å². The Morgan fingerprint density at radius 1 is 1.20 bits per heavy atom. The number of ether oxygens (including phenoxy) is 1. The van der Waals surface area contributed by atoms with Crippen molar-refractivity contribution < 1.29 is 28.6 Å². The molecule has 0 spiro atoms. The first kappa shape index (κ1) is 16.5. The highest BCUT2D eigenvalue weighted by atomic mass is 19.1. The van der Waals surface area contributed by atoms with E-state index in [-0.39, 0.29) is 35.3 Å². The molecule has 3 aromatic rings. The lowest BCUT2D eigenvalue weighted by molar-refractivity contribution is -0.136. The van der Waals surface area contributed by atoms with Crippen molar-refractivity contribution in [1.82, 2.24) is 4.98 Å².